The molecule has 2 fully saturated rings. The van der Waals surface area contributed by atoms with Gasteiger partial charge in [0.15, 0.2) is 31.1 Å². The quantitative estimate of drug-likeness (QED) is 0.401. The first-order valence-electron chi connectivity index (χ1n) is 9.72. The van der Waals surface area contributed by atoms with Crippen LogP contribution in [0.1, 0.15) is 33.6 Å². The predicted molar refractivity (Wildman–Crippen MR) is 103 cm³/mol. The summed E-state index contributed by atoms with van der Waals surface area (Å²) in [6, 6.07) is 0. The molecule has 0 aromatic heterocycles. The van der Waals surface area contributed by atoms with Gasteiger partial charge in [-0.05, 0) is 24.2 Å². The standard InChI is InChI=1S/C20H30O7Si/c1-18(2,3)28(5,6)27-15-8-7-13(21)16-19(25-11-12-26-19)10-9-14(22)20(15,16)17(23)24-4/h7-8,15-16H,9-12H2,1-6H3/t15-,16-,20+/m0/s1. The summed E-state index contributed by atoms with van der Waals surface area (Å²) in [6.07, 6.45) is 2.34. The van der Waals surface area contributed by atoms with Crippen LogP contribution in [-0.4, -0.2) is 58.1 Å². The Bertz CT molecular complexity index is 705. The van der Waals surface area contributed by atoms with Gasteiger partial charge in [-0.15, -0.1) is 0 Å². The second-order valence-corrected chi connectivity index (χ2v) is 14.0. The summed E-state index contributed by atoms with van der Waals surface area (Å²) in [5.74, 6) is -3.89. The minimum atomic E-state index is -2.38. The highest BCUT2D eigenvalue weighted by Crippen LogP contribution is 2.55. The molecular formula is C20H30O7Si. The van der Waals surface area contributed by atoms with Crippen molar-refractivity contribution < 1.29 is 33.0 Å². The van der Waals surface area contributed by atoms with Crippen molar-refractivity contribution >= 4 is 25.9 Å². The number of ether oxygens (including phenoxy) is 3. The van der Waals surface area contributed by atoms with Crippen LogP contribution in [0, 0.1) is 11.3 Å². The fourth-order valence-corrected chi connectivity index (χ4v) is 5.52. The lowest BCUT2D eigenvalue weighted by Gasteiger charge is -2.53. The Morgan fingerprint density at radius 3 is 2.36 bits per heavy atom. The third-order valence-corrected chi connectivity index (χ3v) is 11.2. The van der Waals surface area contributed by atoms with Gasteiger partial charge < -0.3 is 18.6 Å². The fourth-order valence-electron chi connectivity index (χ4n) is 4.27. The first-order valence-corrected chi connectivity index (χ1v) is 12.6. The molecule has 3 rings (SSSR count). The first-order chi connectivity index (χ1) is 12.9. The molecular weight excluding hydrogens is 380 g/mol. The third kappa shape index (κ3) is 2.92. The van der Waals surface area contributed by atoms with E-state index in [0.29, 0.717) is 13.2 Å². The van der Waals surface area contributed by atoms with E-state index in [-0.39, 0.29) is 29.4 Å². The van der Waals surface area contributed by atoms with Gasteiger partial charge in [-0.2, -0.15) is 0 Å². The Kier molecular flexibility index (Phi) is 5.23. The maximum absolute atomic E-state index is 13.3. The van der Waals surface area contributed by atoms with E-state index in [4.69, 9.17) is 18.6 Å². The molecule has 0 aromatic rings. The highest BCUT2D eigenvalue weighted by atomic mass is 28.4. The van der Waals surface area contributed by atoms with Crippen LogP contribution in [0.2, 0.25) is 18.1 Å². The van der Waals surface area contributed by atoms with Crippen LogP contribution < -0.4 is 0 Å². The number of Topliss-reactive ketones (excluding diaryl/α,β-unsaturated/α-hetero) is 1. The van der Waals surface area contributed by atoms with E-state index >= 15 is 0 Å². The number of rotatable bonds is 3. The highest BCUT2D eigenvalue weighted by molar-refractivity contribution is 6.74. The molecule has 7 nitrogen and oxygen atoms in total. The molecule has 1 heterocycles. The minimum absolute atomic E-state index is 0.0596. The van der Waals surface area contributed by atoms with Crippen molar-refractivity contribution in [2.24, 2.45) is 11.3 Å². The molecule has 1 saturated heterocycles. The van der Waals surface area contributed by atoms with Crippen molar-refractivity contribution in [1.29, 1.82) is 0 Å². The third-order valence-electron chi connectivity index (χ3n) is 6.75. The summed E-state index contributed by atoms with van der Waals surface area (Å²) in [6.45, 7) is 10.9. The van der Waals surface area contributed by atoms with E-state index in [9.17, 15) is 14.4 Å². The van der Waals surface area contributed by atoms with Gasteiger partial charge in [0.2, 0.25) is 0 Å². The van der Waals surface area contributed by atoms with E-state index in [2.05, 4.69) is 20.8 Å². The van der Waals surface area contributed by atoms with Gasteiger partial charge in [0.25, 0.3) is 0 Å². The Labute approximate surface area is 166 Å². The van der Waals surface area contributed by atoms with Crippen molar-refractivity contribution in [2.75, 3.05) is 20.3 Å². The van der Waals surface area contributed by atoms with Gasteiger partial charge in [-0.1, -0.05) is 26.8 Å². The molecule has 0 aromatic carbocycles. The summed E-state index contributed by atoms with van der Waals surface area (Å²) in [5.41, 5.74) is -1.79. The topological polar surface area (TPSA) is 88.1 Å². The number of hydrogen-bond donors (Lipinski definition) is 0. The number of allylic oxidation sites excluding steroid dienone is 1. The zero-order valence-electron chi connectivity index (χ0n) is 17.5. The van der Waals surface area contributed by atoms with E-state index in [1.807, 2.05) is 13.1 Å². The Morgan fingerprint density at radius 1 is 1.21 bits per heavy atom. The van der Waals surface area contributed by atoms with E-state index < -0.39 is 37.5 Å². The van der Waals surface area contributed by atoms with Gasteiger partial charge in [-0.25, -0.2) is 0 Å². The van der Waals surface area contributed by atoms with Crippen molar-refractivity contribution in [2.45, 2.75) is 63.6 Å². The average Bonchev–Trinajstić information content (AvgIpc) is 3.07. The Hall–Kier alpha value is -1.35. The van der Waals surface area contributed by atoms with E-state index in [0.717, 1.165) is 0 Å². The molecule has 0 unspecified atom stereocenters. The van der Waals surface area contributed by atoms with Crippen LogP contribution in [0.4, 0.5) is 0 Å². The molecule has 8 heteroatoms. The molecule has 1 spiro atoms. The van der Waals surface area contributed by atoms with Crippen LogP contribution in [0.15, 0.2) is 12.2 Å². The molecule has 0 bridgehead atoms. The second-order valence-electron chi connectivity index (χ2n) is 9.29. The molecule has 0 N–H and O–H groups in total. The van der Waals surface area contributed by atoms with Gasteiger partial charge >= 0.3 is 5.97 Å². The lowest BCUT2D eigenvalue weighted by molar-refractivity contribution is -0.244. The second kappa shape index (κ2) is 6.86. The normalized spacial score (nSPS) is 32.5. The van der Waals surface area contributed by atoms with Crippen molar-refractivity contribution in [3.63, 3.8) is 0 Å². The van der Waals surface area contributed by atoms with Gasteiger partial charge in [0, 0.05) is 12.8 Å². The maximum atomic E-state index is 13.3. The Balaban J connectivity index is 2.18. The number of fused-ring (bicyclic) bond motifs is 2. The fraction of sp³-hybridized carbons (Fsp3) is 0.750. The number of carbonyl (C=O) groups excluding carboxylic acids is 3. The molecule has 0 amide bonds. The maximum Gasteiger partial charge on any atom is 0.323 e. The SMILES string of the molecule is COC(=O)[C@@]12C(=O)CCC3(OCCO3)[C@@H]1C(=O)C=C[C@@H]2O[Si](C)(C)C(C)(C)C. The summed E-state index contributed by atoms with van der Waals surface area (Å²) in [4.78, 5) is 39.5. The zero-order valence-corrected chi connectivity index (χ0v) is 18.5. The summed E-state index contributed by atoms with van der Waals surface area (Å²) in [7, 11) is -1.15. The van der Waals surface area contributed by atoms with E-state index in [1.54, 1.807) is 6.08 Å². The predicted octanol–water partition coefficient (Wildman–Crippen LogP) is 2.40. The van der Waals surface area contributed by atoms with Crippen LogP contribution in [0.5, 0.6) is 0 Å². The number of methoxy groups -OCH3 is 1. The first kappa shape index (κ1) is 21.4. The number of carbonyl (C=O) groups is 3. The largest absolute Gasteiger partial charge is 0.468 e. The lowest BCUT2D eigenvalue weighted by Crippen LogP contribution is -2.69. The monoisotopic (exact) mass is 410 g/mol. The summed E-state index contributed by atoms with van der Waals surface area (Å²) >= 11 is 0. The van der Waals surface area contributed by atoms with Crippen molar-refractivity contribution in [1.82, 2.24) is 0 Å². The summed E-state index contributed by atoms with van der Waals surface area (Å²) < 4.78 is 23.3. The number of esters is 1. The van der Waals surface area contributed by atoms with Gasteiger partial charge in [0.1, 0.15) is 5.92 Å². The zero-order chi connectivity index (χ0) is 21.0. The smallest absolute Gasteiger partial charge is 0.323 e. The molecule has 0 radical (unpaired) electrons. The average molecular weight is 411 g/mol. The summed E-state index contributed by atoms with van der Waals surface area (Å²) in [5, 5.41) is -0.148. The molecule has 28 heavy (non-hydrogen) atoms. The van der Waals surface area contributed by atoms with E-state index in [1.165, 1.54) is 13.2 Å². The van der Waals surface area contributed by atoms with Crippen LogP contribution >= 0.6 is 0 Å². The van der Waals surface area contributed by atoms with Crippen LogP contribution in [0.25, 0.3) is 0 Å². The minimum Gasteiger partial charge on any atom is -0.468 e. The lowest BCUT2D eigenvalue weighted by atomic mass is 9.56. The Morgan fingerprint density at radius 2 is 1.82 bits per heavy atom. The molecule has 3 atom stereocenters. The molecule has 2 aliphatic carbocycles. The molecule has 1 saturated carbocycles. The van der Waals surface area contributed by atoms with Crippen molar-refractivity contribution in [3.05, 3.63) is 12.2 Å². The number of hydrogen-bond acceptors (Lipinski definition) is 7. The number of ketones is 2. The molecule has 1 aliphatic heterocycles. The van der Waals surface area contributed by atoms with Gasteiger partial charge in [-0.3, -0.25) is 14.4 Å². The van der Waals surface area contributed by atoms with Crippen LogP contribution in [-0.2, 0) is 33.0 Å². The van der Waals surface area contributed by atoms with Gasteiger partial charge in [0.05, 0.1) is 26.4 Å². The molecule has 3 aliphatic rings. The molecule has 156 valence electrons. The highest BCUT2D eigenvalue weighted by Gasteiger charge is 2.72. The van der Waals surface area contributed by atoms with Crippen molar-refractivity contribution in [3.8, 4) is 0 Å². The van der Waals surface area contributed by atoms with Crippen LogP contribution in [0.3, 0.4) is 0 Å².